The number of amides is 3. The van der Waals surface area contributed by atoms with Crippen LogP contribution in [0, 0.1) is 0 Å². The van der Waals surface area contributed by atoms with E-state index < -0.39 is 17.7 Å². The molecule has 148 valence electrons. The number of hydrogen-bond donors (Lipinski definition) is 3. The van der Waals surface area contributed by atoms with Crippen LogP contribution in [-0.2, 0) is 4.79 Å². The molecule has 0 aliphatic heterocycles. The molecule has 0 radical (unpaired) electrons. The van der Waals surface area contributed by atoms with Crippen LogP contribution < -0.4 is 16.4 Å². The van der Waals surface area contributed by atoms with Crippen LogP contribution in [0.25, 0.3) is 5.69 Å². The number of nitrogens with one attached hydrogen (secondary N) is 2. The molecule has 0 fully saturated rings. The monoisotopic (exact) mass is 411 g/mol. The molecule has 1 heterocycles. The summed E-state index contributed by atoms with van der Waals surface area (Å²) in [4.78, 5) is 35.8. The number of halogens is 1. The van der Waals surface area contributed by atoms with Crippen molar-refractivity contribution in [3.05, 3.63) is 77.1 Å². The lowest BCUT2D eigenvalue weighted by Gasteiger charge is -2.10. The molecule has 0 unspecified atom stereocenters. The Morgan fingerprint density at radius 2 is 1.86 bits per heavy atom. The molecular formula is C20H18ClN5O3. The number of nitrogens with two attached hydrogens (primary N) is 1. The van der Waals surface area contributed by atoms with Gasteiger partial charge in [-0.1, -0.05) is 29.8 Å². The van der Waals surface area contributed by atoms with Gasteiger partial charge in [0.05, 0.1) is 28.7 Å². The molecule has 0 spiro atoms. The van der Waals surface area contributed by atoms with Gasteiger partial charge in [-0.25, -0.2) is 4.68 Å². The van der Waals surface area contributed by atoms with Crippen molar-refractivity contribution in [3.8, 4) is 5.69 Å². The number of aromatic nitrogens is 2. The quantitative estimate of drug-likeness (QED) is 0.552. The minimum Gasteiger partial charge on any atom is -0.370 e. The van der Waals surface area contributed by atoms with Crippen LogP contribution in [0.1, 0.15) is 27.1 Å². The zero-order valence-electron chi connectivity index (χ0n) is 15.3. The second kappa shape index (κ2) is 9.03. The van der Waals surface area contributed by atoms with Crippen LogP contribution in [-0.4, -0.2) is 34.0 Å². The fourth-order valence-corrected chi connectivity index (χ4v) is 2.76. The summed E-state index contributed by atoms with van der Waals surface area (Å²) < 4.78 is 1.53. The second-order valence-corrected chi connectivity index (χ2v) is 6.56. The topological polar surface area (TPSA) is 119 Å². The minimum atomic E-state index is -0.511. The first-order valence-electron chi connectivity index (χ1n) is 8.71. The van der Waals surface area contributed by atoms with Crippen molar-refractivity contribution in [2.24, 2.45) is 5.73 Å². The molecule has 29 heavy (non-hydrogen) atoms. The smallest absolute Gasteiger partial charge is 0.258 e. The molecule has 1 aromatic heterocycles. The highest BCUT2D eigenvalue weighted by molar-refractivity contribution is 6.30. The van der Waals surface area contributed by atoms with Crippen molar-refractivity contribution in [1.29, 1.82) is 0 Å². The van der Waals surface area contributed by atoms with Crippen molar-refractivity contribution in [3.63, 3.8) is 0 Å². The van der Waals surface area contributed by atoms with Crippen molar-refractivity contribution < 1.29 is 14.4 Å². The summed E-state index contributed by atoms with van der Waals surface area (Å²) in [5, 5.41) is 10.0. The SMILES string of the molecule is NC(=O)CCNC(=O)c1ccccc1NC(=O)c1cnn(-c2cccc(Cl)c2)c1. The van der Waals surface area contributed by atoms with Gasteiger partial charge in [-0.05, 0) is 30.3 Å². The van der Waals surface area contributed by atoms with Gasteiger partial charge in [0.25, 0.3) is 11.8 Å². The van der Waals surface area contributed by atoms with Gasteiger partial charge in [0, 0.05) is 24.2 Å². The standard InChI is InChI=1S/C20H18ClN5O3/c21-14-4-3-5-15(10-14)26-12-13(11-24-26)19(28)25-17-7-2-1-6-16(17)20(29)23-9-8-18(22)27/h1-7,10-12H,8-9H2,(H2,22,27)(H,23,29)(H,25,28). The maximum atomic E-state index is 12.6. The van der Waals surface area contributed by atoms with Gasteiger partial charge in [-0.15, -0.1) is 0 Å². The maximum Gasteiger partial charge on any atom is 0.258 e. The van der Waals surface area contributed by atoms with Crippen LogP contribution in [0.15, 0.2) is 60.9 Å². The number of benzene rings is 2. The largest absolute Gasteiger partial charge is 0.370 e. The van der Waals surface area contributed by atoms with E-state index in [1.165, 1.54) is 10.9 Å². The number of hydrogen-bond acceptors (Lipinski definition) is 4. The summed E-state index contributed by atoms with van der Waals surface area (Å²) >= 11 is 5.99. The molecule has 3 amide bonds. The van der Waals surface area contributed by atoms with E-state index in [0.29, 0.717) is 22.0 Å². The lowest BCUT2D eigenvalue weighted by atomic mass is 10.1. The third-order valence-corrected chi connectivity index (χ3v) is 4.23. The van der Waals surface area contributed by atoms with Gasteiger partial charge < -0.3 is 16.4 Å². The molecule has 0 aliphatic carbocycles. The molecule has 3 aromatic rings. The van der Waals surface area contributed by atoms with E-state index in [1.807, 2.05) is 6.07 Å². The number of primary amides is 1. The van der Waals surface area contributed by atoms with Gasteiger partial charge in [0.1, 0.15) is 0 Å². The number of anilines is 1. The molecule has 0 aliphatic rings. The average molecular weight is 412 g/mol. The van der Waals surface area contributed by atoms with E-state index in [2.05, 4.69) is 15.7 Å². The van der Waals surface area contributed by atoms with Crippen molar-refractivity contribution in [1.82, 2.24) is 15.1 Å². The lowest BCUT2D eigenvalue weighted by molar-refractivity contribution is -0.117. The molecule has 4 N–H and O–H groups in total. The summed E-state index contributed by atoms with van der Waals surface area (Å²) in [6.07, 6.45) is 3.02. The van der Waals surface area contributed by atoms with Gasteiger partial charge in [-0.3, -0.25) is 14.4 Å². The zero-order chi connectivity index (χ0) is 20.8. The number of carbonyl (C=O) groups is 3. The Kier molecular flexibility index (Phi) is 6.25. The molecule has 2 aromatic carbocycles. The fourth-order valence-electron chi connectivity index (χ4n) is 2.58. The first-order valence-corrected chi connectivity index (χ1v) is 9.09. The van der Waals surface area contributed by atoms with Crippen molar-refractivity contribution in [2.45, 2.75) is 6.42 Å². The first kappa shape index (κ1) is 20.1. The molecule has 0 saturated heterocycles. The summed E-state index contributed by atoms with van der Waals surface area (Å²) in [6.45, 7) is 0.114. The molecule has 0 atom stereocenters. The third kappa shape index (κ3) is 5.20. The highest BCUT2D eigenvalue weighted by Gasteiger charge is 2.15. The summed E-state index contributed by atoms with van der Waals surface area (Å²) in [5.41, 5.74) is 6.70. The molecule has 0 saturated carbocycles. The summed E-state index contributed by atoms with van der Waals surface area (Å²) in [5.74, 6) is -1.35. The van der Waals surface area contributed by atoms with Crippen molar-refractivity contribution >= 4 is 35.0 Å². The zero-order valence-corrected chi connectivity index (χ0v) is 16.0. The Morgan fingerprint density at radius 1 is 1.07 bits per heavy atom. The van der Waals surface area contributed by atoms with E-state index in [0.717, 1.165) is 0 Å². The lowest BCUT2D eigenvalue weighted by Crippen LogP contribution is -2.28. The molecular weight excluding hydrogens is 394 g/mol. The Bertz CT molecular complexity index is 1060. The molecule has 3 rings (SSSR count). The summed E-state index contributed by atoms with van der Waals surface area (Å²) in [6, 6.07) is 13.6. The highest BCUT2D eigenvalue weighted by atomic mass is 35.5. The maximum absolute atomic E-state index is 12.6. The van der Waals surface area contributed by atoms with E-state index in [-0.39, 0.29) is 18.5 Å². The number of carbonyl (C=O) groups excluding carboxylic acids is 3. The van der Waals surface area contributed by atoms with Gasteiger partial charge in [0.2, 0.25) is 5.91 Å². The number of para-hydroxylation sites is 1. The van der Waals surface area contributed by atoms with Gasteiger partial charge >= 0.3 is 0 Å². The van der Waals surface area contributed by atoms with E-state index >= 15 is 0 Å². The number of rotatable bonds is 7. The normalized spacial score (nSPS) is 10.4. The first-order chi connectivity index (χ1) is 13.9. The predicted molar refractivity (Wildman–Crippen MR) is 109 cm³/mol. The van der Waals surface area contributed by atoms with Crippen LogP contribution >= 0.6 is 11.6 Å². The third-order valence-electron chi connectivity index (χ3n) is 3.99. The van der Waals surface area contributed by atoms with Crippen LogP contribution in [0.5, 0.6) is 0 Å². The average Bonchev–Trinajstić information content (AvgIpc) is 3.18. The Morgan fingerprint density at radius 3 is 2.62 bits per heavy atom. The Labute approximate surface area is 171 Å². The van der Waals surface area contributed by atoms with Gasteiger partial charge in [-0.2, -0.15) is 5.10 Å². The predicted octanol–water partition coefficient (Wildman–Crippen LogP) is 2.38. The Hall–Kier alpha value is -3.65. The van der Waals surface area contributed by atoms with Gasteiger partial charge in [0.15, 0.2) is 0 Å². The highest BCUT2D eigenvalue weighted by Crippen LogP contribution is 2.18. The van der Waals surface area contributed by atoms with Crippen molar-refractivity contribution in [2.75, 3.05) is 11.9 Å². The van der Waals surface area contributed by atoms with E-state index in [4.69, 9.17) is 17.3 Å². The van der Waals surface area contributed by atoms with Crippen LogP contribution in [0.4, 0.5) is 5.69 Å². The molecule has 9 heteroatoms. The van der Waals surface area contributed by atoms with E-state index in [9.17, 15) is 14.4 Å². The molecule has 0 bridgehead atoms. The van der Waals surface area contributed by atoms with Crippen LogP contribution in [0.3, 0.4) is 0 Å². The minimum absolute atomic E-state index is 0.0307. The van der Waals surface area contributed by atoms with Crippen LogP contribution in [0.2, 0.25) is 5.02 Å². The Balaban J connectivity index is 1.73. The van der Waals surface area contributed by atoms with E-state index in [1.54, 1.807) is 48.7 Å². The molecule has 8 nitrogen and oxygen atoms in total. The number of nitrogens with zero attached hydrogens (tertiary/aromatic N) is 2. The fraction of sp³-hybridized carbons (Fsp3) is 0.100. The second-order valence-electron chi connectivity index (χ2n) is 6.13. The summed E-state index contributed by atoms with van der Waals surface area (Å²) in [7, 11) is 0.